The molecule has 0 aliphatic rings. The predicted molar refractivity (Wildman–Crippen MR) is 103 cm³/mol. The normalized spacial score (nSPS) is 12.1. The van der Waals surface area contributed by atoms with E-state index in [1.165, 1.54) is 5.56 Å². The van der Waals surface area contributed by atoms with Crippen molar-refractivity contribution < 1.29 is 4.79 Å². The molecule has 0 spiro atoms. The van der Waals surface area contributed by atoms with Crippen LogP contribution in [0.4, 0.5) is 0 Å². The molecule has 140 valence electrons. The fraction of sp³-hybridized carbons (Fsp3) is 0.300. The standard InChI is InChI=1S/C20H24N6O/c1-14(2)15-6-8-16(9-7-15)18(21)11-23-20(27)19-13-26(25-24-19)12-17-5-3-4-10-22-17/h3-10,13-14,18H,11-12,21H2,1-2H3,(H,23,27). The van der Waals surface area contributed by atoms with Crippen molar-refractivity contribution in [3.63, 3.8) is 0 Å². The number of nitrogens with two attached hydrogens (primary N) is 1. The highest BCUT2D eigenvalue weighted by molar-refractivity contribution is 5.91. The second-order valence-electron chi connectivity index (χ2n) is 6.76. The van der Waals surface area contributed by atoms with Gasteiger partial charge in [0.15, 0.2) is 5.69 Å². The van der Waals surface area contributed by atoms with Gasteiger partial charge in [-0.1, -0.05) is 49.4 Å². The zero-order chi connectivity index (χ0) is 19.2. The fourth-order valence-corrected chi connectivity index (χ4v) is 2.68. The van der Waals surface area contributed by atoms with Crippen molar-refractivity contribution >= 4 is 5.91 Å². The van der Waals surface area contributed by atoms with Crippen LogP contribution in [-0.4, -0.2) is 32.4 Å². The number of nitrogens with zero attached hydrogens (tertiary/aromatic N) is 4. The van der Waals surface area contributed by atoms with Crippen molar-refractivity contribution in [1.29, 1.82) is 0 Å². The van der Waals surface area contributed by atoms with E-state index in [-0.39, 0.29) is 17.6 Å². The molecule has 0 radical (unpaired) electrons. The summed E-state index contributed by atoms with van der Waals surface area (Å²) in [5.41, 5.74) is 9.54. The number of carbonyl (C=O) groups excluding carboxylic acids is 1. The lowest BCUT2D eigenvalue weighted by Crippen LogP contribution is -2.32. The first-order valence-corrected chi connectivity index (χ1v) is 8.96. The summed E-state index contributed by atoms with van der Waals surface area (Å²) in [6.45, 7) is 5.09. The van der Waals surface area contributed by atoms with Gasteiger partial charge < -0.3 is 11.1 Å². The third-order valence-electron chi connectivity index (χ3n) is 4.34. The molecule has 1 unspecified atom stereocenters. The molecule has 7 nitrogen and oxygen atoms in total. The van der Waals surface area contributed by atoms with E-state index < -0.39 is 0 Å². The molecule has 2 aromatic heterocycles. The fourth-order valence-electron chi connectivity index (χ4n) is 2.68. The van der Waals surface area contributed by atoms with Crippen LogP contribution >= 0.6 is 0 Å². The van der Waals surface area contributed by atoms with E-state index in [1.807, 2.05) is 30.3 Å². The first kappa shape index (κ1) is 18.7. The lowest BCUT2D eigenvalue weighted by atomic mass is 9.99. The molecule has 0 aliphatic heterocycles. The van der Waals surface area contributed by atoms with Gasteiger partial charge in [0, 0.05) is 18.8 Å². The summed E-state index contributed by atoms with van der Waals surface area (Å²) < 4.78 is 1.59. The number of hydrogen-bond acceptors (Lipinski definition) is 5. The lowest BCUT2D eigenvalue weighted by Gasteiger charge is -2.14. The van der Waals surface area contributed by atoms with Crippen LogP contribution in [0.1, 0.15) is 53.1 Å². The van der Waals surface area contributed by atoms with Gasteiger partial charge in [-0.3, -0.25) is 9.78 Å². The second kappa shape index (κ2) is 8.55. The predicted octanol–water partition coefficient (Wildman–Crippen LogP) is 2.27. The Morgan fingerprint density at radius 3 is 2.56 bits per heavy atom. The van der Waals surface area contributed by atoms with Crippen molar-refractivity contribution in [2.75, 3.05) is 6.54 Å². The van der Waals surface area contributed by atoms with Crippen LogP contribution in [0.25, 0.3) is 0 Å². The topological polar surface area (TPSA) is 98.7 Å². The molecule has 7 heteroatoms. The van der Waals surface area contributed by atoms with E-state index in [1.54, 1.807) is 17.1 Å². The van der Waals surface area contributed by atoms with Gasteiger partial charge in [0.05, 0.1) is 18.4 Å². The number of nitrogens with one attached hydrogen (secondary N) is 1. The summed E-state index contributed by atoms with van der Waals surface area (Å²) in [6.07, 6.45) is 3.32. The van der Waals surface area contributed by atoms with Gasteiger partial charge in [0.2, 0.25) is 0 Å². The van der Waals surface area contributed by atoms with Crippen LogP contribution < -0.4 is 11.1 Å². The zero-order valence-electron chi connectivity index (χ0n) is 15.5. The minimum Gasteiger partial charge on any atom is -0.349 e. The van der Waals surface area contributed by atoms with Crippen LogP contribution in [-0.2, 0) is 6.54 Å². The average Bonchev–Trinajstić information content (AvgIpc) is 3.15. The number of amides is 1. The molecule has 1 atom stereocenters. The smallest absolute Gasteiger partial charge is 0.273 e. The average molecular weight is 364 g/mol. The number of hydrogen-bond donors (Lipinski definition) is 2. The maximum absolute atomic E-state index is 12.3. The summed E-state index contributed by atoms with van der Waals surface area (Å²) in [5.74, 6) is 0.181. The van der Waals surface area contributed by atoms with Gasteiger partial charge in [-0.2, -0.15) is 0 Å². The number of pyridine rings is 1. The molecule has 0 fully saturated rings. The lowest BCUT2D eigenvalue weighted by molar-refractivity contribution is 0.0946. The molecule has 1 amide bonds. The highest BCUT2D eigenvalue weighted by Gasteiger charge is 2.13. The van der Waals surface area contributed by atoms with E-state index in [2.05, 4.69) is 46.6 Å². The van der Waals surface area contributed by atoms with Crippen molar-refractivity contribution in [2.24, 2.45) is 5.73 Å². The highest BCUT2D eigenvalue weighted by atomic mass is 16.2. The Balaban J connectivity index is 1.54. The van der Waals surface area contributed by atoms with Crippen molar-refractivity contribution in [2.45, 2.75) is 32.4 Å². The quantitative estimate of drug-likeness (QED) is 0.670. The van der Waals surface area contributed by atoms with Crippen molar-refractivity contribution in [3.8, 4) is 0 Å². The molecule has 3 N–H and O–H groups in total. The van der Waals surface area contributed by atoms with Crippen LogP contribution in [0, 0.1) is 0 Å². The molecule has 0 bridgehead atoms. The van der Waals surface area contributed by atoms with Gasteiger partial charge in [0.25, 0.3) is 5.91 Å². The maximum Gasteiger partial charge on any atom is 0.273 e. The minimum absolute atomic E-state index is 0.258. The number of benzene rings is 1. The maximum atomic E-state index is 12.3. The van der Waals surface area contributed by atoms with Gasteiger partial charge in [-0.25, -0.2) is 4.68 Å². The molecule has 2 heterocycles. The molecule has 0 saturated heterocycles. The third-order valence-corrected chi connectivity index (χ3v) is 4.34. The Kier molecular flexibility index (Phi) is 5.93. The Morgan fingerprint density at radius 2 is 1.89 bits per heavy atom. The summed E-state index contributed by atoms with van der Waals surface area (Å²) >= 11 is 0. The van der Waals surface area contributed by atoms with Crippen molar-refractivity contribution in [3.05, 3.63) is 77.4 Å². The highest BCUT2D eigenvalue weighted by Crippen LogP contribution is 2.17. The first-order chi connectivity index (χ1) is 13.0. The third kappa shape index (κ3) is 4.98. The van der Waals surface area contributed by atoms with E-state index in [0.717, 1.165) is 11.3 Å². The number of carbonyl (C=O) groups is 1. The Bertz CT molecular complexity index is 873. The van der Waals surface area contributed by atoms with Gasteiger partial charge >= 0.3 is 0 Å². The SMILES string of the molecule is CC(C)c1ccc(C(N)CNC(=O)c2cn(Cc3ccccn3)nn2)cc1. The Hall–Kier alpha value is -3.06. The summed E-state index contributed by atoms with van der Waals surface area (Å²) in [4.78, 5) is 16.5. The van der Waals surface area contributed by atoms with E-state index in [9.17, 15) is 4.79 Å². The Labute approximate surface area is 158 Å². The molecule has 0 saturated carbocycles. The first-order valence-electron chi connectivity index (χ1n) is 8.96. The zero-order valence-corrected chi connectivity index (χ0v) is 15.5. The van der Waals surface area contributed by atoms with Crippen LogP contribution in [0.15, 0.2) is 54.9 Å². The van der Waals surface area contributed by atoms with Gasteiger partial charge in [-0.05, 0) is 29.2 Å². The minimum atomic E-state index is -0.295. The summed E-state index contributed by atoms with van der Waals surface area (Å²) in [6, 6.07) is 13.5. The molecule has 3 rings (SSSR count). The van der Waals surface area contributed by atoms with Crippen LogP contribution in [0.5, 0.6) is 0 Å². The monoisotopic (exact) mass is 364 g/mol. The Morgan fingerprint density at radius 1 is 1.15 bits per heavy atom. The van der Waals surface area contributed by atoms with E-state index in [4.69, 9.17) is 5.73 Å². The summed E-state index contributed by atoms with van der Waals surface area (Å²) in [7, 11) is 0. The number of rotatable bonds is 7. The van der Waals surface area contributed by atoms with Gasteiger partial charge in [-0.15, -0.1) is 5.10 Å². The molecule has 3 aromatic rings. The van der Waals surface area contributed by atoms with E-state index >= 15 is 0 Å². The molecule has 1 aromatic carbocycles. The van der Waals surface area contributed by atoms with Crippen LogP contribution in [0.3, 0.4) is 0 Å². The van der Waals surface area contributed by atoms with Crippen molar-refractivity contribution in [1.82, 2.24) is 25.3 Å². The number of aromatic nitrogens is 4. The molecule has 27 heavy (non-hydrogen) atoms. The van der Waals surface area contributed by atoms with E-state index in [0.29, 0.717) is 19.0 Å². The molecule has 0 aliphatic carbocycles. The van der Waals surface area contributed by atoms with Crippen LogP contribution in [0.2, 0.25) is 0 Å². The molecular weight excluding hydrogens is 340 g/mol. The van der Waals surface area contributed by atoms with Gasteiger partial charge in [0.1, 0.15) is 0 Å². The largest absolute Gasteiger partial charge is 0.349 e. The molecular formula is C20H24N6O. The second-order valence-corrected chi connectivity index (χ2v) is 6.76. The summed E-state index contributed by atoms with van der Waals surface area (Å²) in [5, 5.41) is 10.7.